The molecule has 1 aromatic heterocycles. The third-order valence-electron chi connectivity index (χ3n) is 4.58. The van der Waals surface area contributed by atoms with Gasteiger partial charge in [-0.05, 0) is 30.7 Å². The second-order valence-electron chi connectivity index (χ2n) is 6.72. The van der Waals surface area contributed by atoms with Crippen LogP contribution in [-0.2, 0) is 11.2 Å². The Bertz CT molecular complexity index is 1230. The van der Waals surface area contributed by atoms with Gasteiger partial charge >= 0.3 is 0 Å². The highest BCUT2D eigenvalue weighted by Crippen LogP contribution is 2.29. The smallest absolute Gasteiger partial charge is 0.222 e. The number of halogens is 3. The van der Waals surface area contributed by atoms with Crippen LogP contribution in [0.15, 0.2) is 35.1 Å². The molecule has 5 nitrogen and oxygen atoms in total. The largest absolute Gasteiger partial charge is 0.354 e. The lowest BCUT2D eigenvalue weighted by Gasteiger charge is -2.12. The first-order valence-electron chi connectivity index (χ1n) is 8.67. The first-order chi connectivity index (χ1) is 13.7. The Labute approximate surface area is 170 Å². The summed E-state index contributed by atoms with van der Waals surface area (Å²) in [6.07, 6.45) is -0.249. The number of aromatic nitrogens is 1. The number of fused-ring (bicyclic) bond motifs is 1. The van der Waals surface area contributed by atoms with Crippen LogP contribution in [-0.4, -0.2) is 29.9 Å². The van der Waals surface area contributed by atoms with Crippen molar-refractivity contribution in [2.45, 2.75) is 12.8 Å². The quantitative estimate of drug-likeness (QED) is 0.699. The number of benzene rings is 2. The Hall–Kier alpha value is -3.24. The van der Waals surface area contributed by atoms with Crippen LogP contribution in [0.1, 0.15) is 17.5 Å². The van der Waals surface area contributed by atoms with Crippen molar-refractivity contribution in [1.82, 2.24) is 9.88 Å². The monoisotopic (exact) mass is 415 g/mol. The predicted molar refractivity (Wildman–Crippen MR) is 107 cm³/mol. The molecular weight excluding hydrogens is 400 g/mol. The molecule has 1 N–H and O–H groups in total. The lowest BCUT2D eigenvalue weighted by molar-refractivity contribution is -0.128. The van der Waals surface area contributed by atoms with Gasteiger partial charge in [-0.15, -0.1) is 0 Å². The third kappa shape index (κ3) is 3.98. The summed E-state index contributed by atoms with van der Waals surface area (Å²) >= 11 is 6.16. The zero-order valence-electron chi connectivity index (χ0n) is 15.6. The maximum absolute atomic E-state index is 14.9. The van der Waals surface area contributed by atoms with Gasteiger partial charge in [-0.2, -0.15) is 5.26 Å². The van der Waals surface area contributed by atoms with Gasteiger partial charge in [0, 0.05) is 42.7 Å². The average Bonchev–Trinajstić information content (AvgIpc) is 2.67. The number of carbonyl (C=O) groups excluding carboxylic acids is 1. The number of nitrogens with one attached hydrogen (secondary N) is 1. The first kappa shape index (κ1) is 20.5. The van der Waals surface area contributed by atoms with E-state index in [1.165, 1.54) is 23.1 Å². The molecule has 0 aliphatic rings. The lowest BCUT2D eigenvalue weighted by Crippen LogP contribution is -2.22. The van der Waals surface area contributed by atoms with Crippen molar-refractivity contribution < 1.29 is 13.6 Å². The molecule has 0 bridgehead atoms. The number of nitrogens with zero attached hydrogens (tertiary/aromatic N) is 2. The number of rotatable bonds is 4. The van der Waals surface area contributed by atoms with Gasteiger partial charge in [-0.1, -0.05) is 11.6 Å². The molecule has 0 aliphatic heterocycles. The van der Waals surface area contributed by atoms with Crippen molar-refractivity contribution >= 4 is 28.4 Å². The van der Waals surface area contributed by atoms with Crippen LogP contribution in [0.5, 0.6) is 0 Å². The molecule has 0 radical (unpaired) electrons. The third-order valence-corrected chi connectivity index (χ3v) is 4.91. The Kier molecular flexibility index (Phi) is 5.66. The Morgan fingerprint density at radius 3 is 2.62 bits per heavy atom. The van der Waals surface area contributed by atoms with Crippen LogP contribution in [0, 0.1) is 23.0 Å². The number of nitriles is 1. The zero-order chi connectivity index (χ0) is 21.3. The van der Waals surface area contributed by atoms with Crippen LogP contribution in [0.4, 0.5) is 8.78 Å². The number of pyridine rings is 1. The topological polar surface area (TPSA) is 77.0 Å². The molecule has 0 atom stereocenters. The Balaban J connectivity index is 2.13. The van der Waals surface area contributed by atoms with Gasteiger partial charge < -0.3 is 9.88 Å². The van der Waals surface area contributed by atoms with E-state index in [-0.39, 0.29) is 45.9 Å². The van der Waals surface area contributed by atoms with Crippen molar-refractivity contribution in [3.63, 3.8) is 0 Å². The first-order valence-corrected chi connectivity index (χ1v) is 9.04. The fourth-order valence-corrected chi connectivity index (χ4v) is 3.23. The summed E-state index contributed by atoms with van der Waals surface area (Å²) in [7, 11) is 3.10. The molecule has 2 aromatic carbocycles. The molecule has 1 amide bonds. The molecule has 0 fully saturated rings. The maximum Gasteiger partial charge on any atom is 0.222 e. The number of amides is 1. The molecule has 29 heavy (non-hydrogen) atoms. The van der Waals surface area contributed by atoms with E-state index in [9.17, 15) is 18.4 Å². The summed E-state index contributed by atoms with van der Waals surface area (Å²) in [5, 5.41) is 9.04. The summed E-state index contributed by atoms with van der Waals surface area (Å²) in [5.74, 6) is -2.12. The number of H-pyrrole nitrogens is 1. The number of hydrogen-bond acceptors (Lipinski definition) is 3. The molecule has 148 valence electrons. The van der Waals surface area contributed by atoms with Crippen molar-refractivity contribution in [3.8, 4) is 17.3 Å². The summed E-state index contributed by atoms with van der Waals surface area (Å²) in [6, 6.07) is 8.66. The number of carbonyl (C=O) groups is 1. The van der Waals surface area contributed by atoms with Gasteiger partial charge in [-0.3, -0.25) is 9.59 Å². The van der Waals surface area contributed by atoms with Crippen molar-refractivity contribution in [3.05, 3.63) is 68.3 Å². The van der Waals surface area contributed by atoms with E-state index in [2.05, 4.69) is 4.98 Å². The number of hydrogen-bond donors (Lipinski definition) is 1. The minimum atomic E-state index is -0.990. The van der Waals surface area contributed by atoms with Crippen LogP contribution in [0.2, 0.25) is 5.02 Å². The SMILES string of the molecule is CN(C)C(=O)CCc1c(F)cc2[nH]c(-c3cc(C#N)ccc3Cl)cc(=O)c2c1F. The fraction of sp³-hybridized carbons (Fsp3) is 0.190. The summed E-state index contributed by atoms with van der Waals surface area (Å²) in [4.78, 5) is 28.5. The van der Waals surface area contributed by atoms with Gasteiger partial charge in [0.2, 0.25) is 5.91 Å². The normalized spacial score (nSPS) is 10.8. The van der Waals surface area contributed by atoms with Crippen LogP contribution in [0.25, 0.3) is 22.2 Å². The highest BCUT2D eigenvalue weighted by atomic mass is 35.5. The van der Waals surface area contributed by atoms with Gasteiger partial charge in [0.1, 0.15) is 11.6 Å². The molecule has 3 aromatic rings. The van der Waals surface area contributed by atoms with E-state index < -0.39 is 17.1 Å². The van der Waals surface area contributed by atoms with Gasteiger partial charge in [0.05, 0.1) is 28.2 Å². The van der Waals surface area contributed by atoms with Crippen LogP contribution >= 0.6 is 11.6 Å². The molecule has 8 heteroatoms. The standard InChI is InChI=1S/C21H16ClF2N3O2/c1-27(2)19(29)6-4-12-15(23)8-17-20(21(12)24)18(28)9-16(26-17)13-7-11(10-25)3-5-14(13)22/h3,5,7-9H,4,6H2,1-2H3,(H,26,28). The van der Waals surface area contributed by atoms with Crippen LogP contribution < -0.4 is 5.43 Å². The summed E-state index contributed by atoms with van der Waals surface area (Å²) in [5.41, 5.74) is -0.0855. The van der Waals surface area contributed by atoms with Gasteiger partial charge in [-0.25, -0.2) is 8.78 Å². The fourth-order valence-electron chi connectivity index (χ4n) is 3.01. The van der Waals surface area contributed by atoms with E-state index in [1.807, 2.05) is 6.07 Å². The van der Waals surface area contributed by atoms with Crippen LogP contribution in [0.3, 0.4) is 0 Å². The molecule has 0 aliphatic carbocycles. The van der Waals surface area contributed by atoms with Gasteiger partial charge in [0.15, 0.2) is 5.43 Å². The minimum absolute atomic E-state index is 0.0383. The highest BCUT2D eigenvalue weighted by Gasteiger charge is 2.19. The molecule has 0 spiro atoms. The summed E-state index contributed by atoms with van der Waals surface area (Å²) in [6.45, 7) is 0. The van der Waals surface area contributed by atoms with E-state index in [0.717, 1.165) is 12.1 Å². The molecule has 0 unspecified atom stereocenters. The average molecular weight is 416 g/mol. The van der Waals surface area contributed by atoms with Crippen molar-refractivity contribution in [2.24, 2.45) is 0 Å². The highest BCUT2D eigenvalue weighted by molar-refractivity contribution is 6.33. The molecule has 0 saturated carbocycles. The second-order valence-corrected chi connectivity index (χ2v) is 7.12. The Morgan fingerprint density at radius 2 is 1.97 bits per heavy atom. The van der Waals surface area contributed by atoms with Crippen molar-refractivity contribution in [2.75, 3.05) is 14.1 Å². The second kappa shape index (κ2) is 8.02. The van der Waals surface area contributed by atoms with E-state index in [0.29, 0.717) is 11.1 Å². The molecular formula is C21H16ClF2N3O2. The summed E-state index contributed by atoms with van der Waals surface area (Å²) < 4.78 is 29.5. The molecule has 1 heterocycles. The van der Waals surface area contributed by atoms with E-state index >= 15 is 0 Å². The number of aromatic amines is 1. The van der Waals surface area contributed by atoms with Gasteiger partial charge in [0.25, 0.3) is 0 Å². The maximum atomic E-state index is 14.9. The van der Waals surface area contributed by atoms with E-state index in [4.69, 9.17) is 16.9 Å². The minimum Gasteiger partial charge on any atom is -0.354 e. The predicted octanol–water partition coefficient (Wildman–Crippen LogP) is 4.02. The molecule has 0 saturated heterocycles. The lowest BCUT2D eigenvalue weighted by atomic mass is 10.0. The van der Waals surface area contributed by atoms with Crippen molar-refractivity contribution in [1.29, 1.82) is 5.26 Å². The zero-order valence-corrected chi connectivity index (χ0v) is 16.4. The Morgan fingerprint density at radius 1 is 1.24 bits per heavy atom. The molecule has 3 rings (SSSR count). The van der Waals surface area contributed by atoms with E-state index in [1.54, 1.807) is 14.1 Å².